The average molecular weight is 439 g/mol. The summed E-state index contributed by atoms with van der Waals surface area (Å²) in [6.07, 6.45) is 1.92. The van der Waals surface area contributed by atoms with E-state index in [9.17, 15) is 24.6 Å². The maximum Gasteiger partial charge on any atom is 1.00 e. The van der Waals surface area contributed by atoms with Crippen molar-refractivity contribution >= 4 is 52.6 Å². The molecule has 0 aliphatic carbocycles. The molecule has 1 fully saturated rings. The number of fused-ring (bicyclic) bond motifs is 1. The van der Waals surface area contributed by atoms with Gasteiger partial charge in [0.25, 0.3) is 5.91 Å². The van der Waals surface area contributed by atoms with Crippen molar-refractivity contribution in [1.29, 1.82) is 0 Å². The van der Waals surface area contributed by atoms with Crippen LogP contribution >= 0.6 is 34.9 Å². The number of rotatable bonds is 6. The predicted octanol–water partition coefficient (Wildman–Crippen LogP) is -3.62. The Labute approximate surface area is 205 Å². The number of aliphatic hydroxyl groups excluding tert-OH is 1. The fourth-order valence-electron chi connectivity index (χ4n) is 2.89. The fraction of sp³-hybridized carbons (Fsp3) is 0.400. The number of carbonyl (C=O) groups is 3. The molecule has 0 aromatic carbocycles. The smallest absolute Gasteiger partial charge is 0.543 e. The van der Waals surface area contributed by atoms with Gasteiger partial charge in [0.2, 0.25) is 5.91 Å². The van der Waals surface area contributed by atoms with E-state index >= 15 is 0 Å². The van der Waals surface area contributed by atoms with Gasteiger partial charge in [0.1, 0.15) is 0 Å². The molecule has 2 aliphatic heterocycles. The van der Waals surface area contributed by atoms with Gasteiger partial charge in [-0.2, -0.15) is 0 Å². The van der Waals surface area contributed by atoms with Gasteiger partial charge >= 0.3 is 51.4 Å². The van der Waals surface area contributed by atoms with Crippen molar-refractivity contribution in [1.82, 2.24) is 10.2 Å². The van der Waals surface area contributed by atoms with E-state index in [1.807, 2.05) is 17.5 Å². The first-order chi connectivity index (χ1) is 11.9. The van der Waals surface area contributed by atoms with Crippen molar-refractivity contribution in [2.24, 2.45) is 0 Å². The summed E-state index contributed by atoms with van der Waals surface area (Å²) in [4.78, 5) is 38.3. The van der Waals surface area contributed by atoms with Crippen molar-refractivity contribution in [3.8, 4) is 0 Å². The molecule has 2 N–H and O–H groups in total. The molecule has 3 heterocycles. The van der Waals surface area contributed by atoms with Crippen LogP contribution in [-0.4, -0.2) is 56.7 Å². The van der Waals surface area contributed by atoms with E-state index in [0.29, 0.717) is 0 Å². The summed E-state index contributed by atoms with van der Waals surface area (Å²) >= 11 is 4.06. The van der Waals surface area contributed by atoms with Crippen LogP contribution in [0.2, 0.25) is 0 Å². The van der Waals surface area contributed by atoms with Gasteiger partial charge in [-0.3, -0.25) is 14.5 Å². The molecule has 1 saturated heterocycles. The van der Waals surface area contributed by atoms with Gasteiger partial charge in [-0.25, -0.2) is 0 Å². The Hall–Kier alpha value is 0.146. The SMILES string of the molecule is CS[C@]12SCC(CO)=C(C(=O)[O-])N1C(=O)C2NC(=O)Cc1cccs1.[K+]. The van der Waals surface area contributed by atoms with Crippen LogP contribution in [-0.2, 0) is 20.8 Å². The molecule has 3 rings (SSSR count). The third kappa shape index (κ3) is 3.83. The third-order valence-electron chi connectivity index (χ3n) is 4.05. The van der Waals surface area contributed by atoms with Gasteiger partial charge in [0.15, 0.2) is 10.2 Å². The van der Waals surface area contributed by atoms with E-state index in [1.165, 1.54) is 34.9 Å². The second-order valence-corrected chi connectivity index (χ2v) is 8.97. The van der Waals surface area contributed by atoms with Crippen LogP contribution in [0.5, 0.6) is 0 Å². The van der Waals surface area contributed by atoms with Crippen LogP contribution in [0.1, 0.15) is 4.88 Å². The monoisotopic (exact) mass is 438 g/mol. The molecule has 1 aromatic heterocycles. The number of carboxylic acids is 1. The van der Waals surface area contributed by atoms with Crippen molar-refractivity contribution in [2.75, 3.05) is 18.6 Å². The summed E-state index contributed by atoms with van der Waals surface area (Å²) in [5.41, 5.74) is -0.0456. The first-order valence-electron chi connectivity index (χ1n) is 7.33. The molecular weight excluding hydrogens is 423 g/mol. The van der Waals surface area contributed by atoms with Crippen molar-refractivity contribution in [2.45, 2.75) is 16.7 Å². The minimum atomic E-state index is -1.50. The number of hydrogen-bond donors (Lipinski definition) is 2. The van der Waals surface area contributed by atoms with E-state index in [2.05, 4.69) is 5.32 Å². The predicted molar refractivity (Wildman–Crippen MR) is 94.6 cm³/mol. The summed E-state index contributed by atoms with van der Waals surface area (Å²) in [5.74, 6) is -2.05. The van der Waals surface area contributed by atoms with Crippen molar-refractivity contribution in [3.05, 3.63) is 33.7 Å². The summed E-state index contributed by atoms with van der Waals surface area (Å²) in [6, 6.07) is 2.86. The van der Waals surface area contributed by atoms with Gasteiger partial charge in [-0.1, -0.05) is 6.07 Å². The number of thioether (sulfide) groups is 2. The van der Waals surface area contributed by atoms with Gasteiger partial charge in [0, 0.05) is 10.6 Å². The minimum Gasteiger partial charge on any atom is -0.543 e. The molecule has 0 spiro atoms. The number of β-lactam (4-membered cyclic amide) rings is 1. The molecule has 1 unspecified atom stereocenters. The van der Waals surface area contributed by atoms with E-state index in [1.54, 1.807) is 6.26 Å². The quantitative estimate of drug-likeness (QED) is 0.349. The van der Waals surface area contributed by atoms with Crippen LogP contribution in [0.4, 0.5) is 0 Å². The molecule has 1 aromatic rings. The Kier molecular flexibility index (Phi) is 7.85. The number of aliphatic hydroxyl groups is 1. The molecule has 26 heavy (non-hydrogen) atoms. The Morgan fingerprint density at radius 1 is 1.54 bits per heavy atom. The van der Waals surface area contributed by atoms with Crippen LogP contribution in [0.15, 0.2) is 28.8 Å². The number of carbonyl (C=O) groups excluding carboxylic acids is 3. The second-order valence-electron chi connectivity index (χ2n) is 5.45. The standard InChI is InChI=1S/C15H16N2O5S3.K/c1-23-15-12(16-10(19)5-9-3-2-4-24-9)13(20)17(15)11(14(21)22)8(6-18)7-25-15;/h2-4,12,18H,5-7H2,1H3,(H,16,19)(H,21,22);/q;+1/p-1/t12?,15-;/m1./s1. The number of thiophene rings is 1. The molecule has 11 heteroatoms. The van der Waals surface area contributed by atoms with Gasteiger partial charge in [-0.15, -0.1) is 34.9 Å². The topological polar surface area (TPSA) is 110 Å². The fourth-order valence-corrected chi connectivity index (χ4v) is 6.25. The largest absolute Gasteiger partial charge is 1.00 e. The van der Waals surface area contributed by atoms with Crippen LogP contribution < -0.4 is 61.8 Å². The summed E-state index contributed by atoms with van der Waals surface area (Å²) in [6.45, 7) is -0.458. The number of nitrogens with one attached hydrogen (secondary N) is 1. The molecule has 0 saturated carbocycles. The maximum atomic E-state index is 12.6. The number of carboxylic acid groups (broad SMARTS) is 1. The summed E-state index contributed by atoms with van der Waals surface area (Å²) in [5, 5.41) is 25.4. The zero-order valence-electron chi connectivity index (χ0n) is 14.2. The van der Waals surface area contributed by atoms with E-state index < -0.39 is 28.7 Å². The average Bonchev–Trinajstić information content (AvgIpc) is 3.10. The van der Waals surface area contributed by atoms with Crippen molar-refractivity contribution in [3.63, 3.8) is 0 Å². The van der Waals surface area contributed by atoms with Crippen LogP contribution in [0, 0.1) is 0 Å². The molecule has 2 atom stereocenters. The van der Waals surface area contributed by atoms with Crippen LogP contribution in [0.3, 0.4) is 0 Å². The second kappa shape index (κ2) is 9.10. The van der Waals surface area contributed by atoms with E-state index in [-0.39, 0.29) is 80.7 Å². The normalized spacial score (nSPS) is 24.5. The summed E-state index contributed by atoms with van der Waals surface area (Å²) in [7, 11) is 0. The number of amides is 2. The first kappa shape index (κ1) is 22.4. The Morgan fingerprint density at radius 3 is 2.81 bits per heavy atom. The number of nitrogens with zero attached hydrogens (tertiary/aromatic N) is 1. The third-order valence-corrected chi connectivity index (χ3v) is 8.11. The Morgan fingerprint density at radius 2 is 2.27 bits per heavy atom. The zero-order chi connectivity index (χ0) is 18.2. The van der Waals surface area contributed by atoms with Gasteiger partial charge in [0.05, 0.1) is 24.7 Å². The molecule has 2 amide bonds. The molecule has 0 bridgehead atoms. The van der Waals surface area contributed by atoms with Crippen LogP contribution in [0.25, 0.3) is 0 Å². The molecule has 2 aliphatic rings. The molecule has 0 radical (unpaired) electrons. The number of hydrogen-bond acceptors (Lipinski definition) is 8. The first-order valence-corrected chi connectivity index (χ1v) is 10.4. The molecule has 134 valence electrons. The minimum absolute atomic E-state index is 0. The summed E-state index contributed by atoms with van der Waals surface area (Å²) < 4.78 is -0.934. The Bertz CT molecular complexity index is 754. The Balaban J connectivity index is 0.00000243. The maximum absolute atomic E-state index is 12.6. The molecule has 7 nitrogen and oxygen atoms in total. The van der Waals surface area contributed by atoms with E-state index in [0.717, 1.165) is 9.78 Å². The van der Waals surface area contributed by atoms with Gasteiger partial charge in [-0.05, 0) is 23.3 Å². The van der Waals surface area contributed by atoms with Crippen molar-refractivity contribution < 1.29 is 76.0 Å². The van der Waals surface area contributed by atoms with E-state index in [4.69, 9.17) is 0 Å². The molecular formula is C15H15KN2O5S3. The number of aliphatic carboxylic acids is 1. The zero-order valence-corrected chi connectivity index (χ0v) is 19.8. The van der Waals surface area contributed by atoms with Gasteiger partial charge < -0.3 is 20.3 Å².